The molecule has 0 amide bonds. The number of aliphatic hydroxyl groups is 1. The van der Waals surface area contributed by atoms with Crippen molar-refractivity contribution in [1.29, 1.82) is 0 Å². The van der Waals surface area contributed by atoms with Crippen molar-refractivity contribution in [2.24, 2.45) is 5.92 Å². The smallest absolute Gasteiger partial charge is 0.308 e. The number of carboxylic acid groups (broad SMARTS) is 1. The highest BCUT2D eigenvalue weighted by Crippen LogP contribution is 2.39. The van der Waals surface area contributed by atoms with Gasteiger partial charge in [0.1, 0.15) is 17.3 Å². The molecule has 2 aliphatic heterocycles. The summed E-state index contributed by atoms with van der Waals surface area (Å²) in [4.78, 5) is 25.6. The van der Waals surface area contributed by atoms with E-state index in [-0.39, 0.29) is 18.1 Å². The molecule has 3 aliphatic rings. The van der Waals surface area contributed by atoms with E-state index in [0.717, 1.165) is 74.8 Å². The van der Waals surface area contributed by atoms with Crippen LogP contribution in [0.4, 0.5) is 11.6 Å². The molecule has 2 saturated heterocycles. The second kappa shape index (κ2) is 9.10. The van der Waals surface area contributed by atoms with Gasteiger partial charge in [-0.3, -0.25) is 9.78 Å². The molecule has 0 aromatic carbocycles. The van der Waals surface area contributed by atoms with Crippen molar-refractivity contribution in [3.63, 3.8) is 0 Å². The van der Waals surface area contributed by atoms with Gasteiger partial charge >= 0.3 is 5.97 Å². The maximum absolute atomic E-state index is 11.7. The average Bonchev–Trinajstić information content (AvgIpc) is 3.50. The normalized spacial score (nSPS) is 26.5. The fourth-order valence-corrected chi connectivity index (χ4v) is 5.63. The molecule has 3 unspecified atom stereocenters. The van der Waals surface area contributed by atoms with Crippen LogP contribution in [0.1, 0.15) is 57.4 Å². The molecule has 0 radical (unpaired) electrons. The van der Waals surface area contributed by atoms with Crippen molar-refractivity contribution < 1.29 is 15.0 Å². The molecule has 0 spiro atoms. The predicted octanol–water partition coefficient (Wildman–Crippen LogP) is 3.32. The van der Waals surface area contributed by atoms with E-state index in [2.05, 4.69) is 31.5 Å². The molecule has 2 aromatic heterocycles. The first-order chi connectivity index (χ1) is 15.6. The summed E-state index contributed by atoms with van der Waals surface area (Å²) in [7, 11) is 0. The molecule has 8 heteroatoms. The van der Waals surface area contributed by atoms with E-state index in [1.807, 2.05) is 12.4 Å². The molecular weight excluding hydrogens is 406 g/mol. The SMILES string of the molecule is O=C(O)C1CCCN(c2ccc(-c3cncc(N4CCCC4)n3)n2C2CCCC(O)C2)C1. The largest absolute Gasteiger partial charge is 0.481 e. The lowest BCUT2D eigenvalue weighted by Gasteiger charge is -2.37. The summed E-state index contributed by atoms with van der Waals surface area (Å²) in [5.41, 5.74) is 1.85. The Morgan fingerprint density at radius 2 is 1.78 bits per heavy atom. The highest BCUT2D eigenvalue weighted by atomic mass is 16.4. The minimum Gasteiger partial charge on any atom is -0.481 e. The van der Waals surface area contributed by atoms with Crippen molar-refractivity contribution in [2.75, 3.05) is 36.0 Å². The quantitative estimate of drug-likeness (QED) is 0.738. The fourth-order valence-electron chi connectivity index (χ4n) is 5.63. The van der Waals surface area contributed by atoms with Crippen LogP contribution < -0.4 is 9.80 Å². The molecule has 5 rings (SSSR count). The van der Waals surface area contributed by atoms with Crippen LogP contribution >= 0.6 is 0 Å². The van der Waals surface area contributed by atoms with Crippen LogP contribution in [-0.2, 0) is 4.79 Å². The van der Waals surface area contributed by atoms with E-state index >= 15 is 0 Å². The Bertz CT molecular complexity index is 955. The van der Waals surface area contributed by atoms with Crippen molar-refractivity contribution in [1.82, 2.24) is 14.5 Å². The summed E-state index contributed by atoms with van der Waals surface area (Å²) in [6, 6.07) is 4.37. The average molecular weight is 440 g/mol. The summed E-state index contributed by atoms with van der Waals surface area (Å²) in [6.45, 7) is 3.41. The van der Waals surface area contributed by atoms with Crippen LogP contribution in [0.2, 0.25) is 0 Å². The molecule has 2 aromatic rings. The number of rotatable bonds is 5. The second-order valence-corrected chi connectivity index (χ2v) is 9.50. The van der Waals surface area contributed by atoms with E-state index in [1.54, 1.807) is 0 Å². The van der Waals surface area contributed by atoms with Gasteiger partial charge in [0, 0.05) is 32.2 Å². The Morgan fingerprint density at radius 1 is 0.969 bits per heavy atom. The Labute approximate surface area is 188 Å². The number of nitrogens with zero attached hydrogens (tertiary/aromatic N) is 5. The zero-order valence-electron chi connectivity index (χ0n) is 18.6. The molecule has 32 heavy (non-hydrogen) atoms. The van der Waals surface area contributed by atoms with Gasteiger partial charge in [0.25, 0.3) is 0 Å². The van der Waals surface area contributed by atoms with Crippen molar-refractivity contribution >= 4 is 17.6 Å². The lowest BCUT2D eigenvalue weighted by Crippen LogP contribution is -2.40. The van der Waals surface area contributed by atoms with Crippen LogP contribution in [0.5, 0.6) is 0 Å². The van der Waals surface area contributed by atoms with Gasteiger partial charge in [-0.25, -0.2) is 4.98 Å². The van der Waals surface area contributed by atoms with Gasteiger partial charge < -0.3 is 24.6 Å². The van der Waals surface area contributed by atoms with Gasteiger partial charge in [-0.1, -0.05) is 0 Å². The van der Waals surface area contributed by atoms with Crippen LogP contribution in [0.25, 0.3) is 11.4 Å². The zero-order valence-corrected chi connectivity index (χ0v) is 18.6. The first kappa shape index (κ1) is 21.2. The Hall–Kier alpha value is -2.61. The van der Waals surface area contributed by atoms with Gasteiger partial charge in [0.2, 0.25) is 0 Å². The van der Waals surface area contributed by atoms with Crippen LogP contribution in [0, 0.1) is 5.92 Å². The molecule has 3 fully saturated rings. The molecular formula is C24H33N5O3. The Morgan fingerprint density at radius 3 is 2.56 bits per heavy atom. The maximum Gasteiger partial charge on any atom is 0.308 e. The summed E-state index contributed by atoms with van der Waals surface area (Å²) >= 11 is 0. The molecule has 0 bridgehead atoms. The second-order valence-electron chi connectivity index (χ2n) is 9.50. The first-order valence-electron chi connectivity index (χ1n) is 12.0. The first-order valence-corrected chi connectivity index (χ1v) is 12.0. The van der Waals surface area contributed by atoms with Gasteiger partial charge in [0.05, 0.1) is 30.1 Å². The molecule has 4 heterocycles. The zero-order chi connectivity index (χ0) is 22.1. The number of piperidine rings is 1. The highest BCUT2D eigenvalue weighted by Gasteiger charge is 2.31. The van der Waals surface area contributed by atoms with Gasteiger partial charge in [-0.05, 0) is 63.5 Å². The maximum atomic E-state index is 11.7. The number of hydrogen-bond acceptors (Lipinski definition) is 6. The molecule has 8 nitrogen and oxygen atoms in total. The summed E-state index contributed by atoms with van der Waals surface area (Å²) in [6.07, 6.45) is 10.9. The van der Waals surface area contributed by atoms with Gasteiger partial charge in [-0.15, -0.1) is 0 Å². The topological polar surface area (TPSA) is 94.7 Å². The summed E-state index contributed by atoms with van der Waals surface area (Å²) in [5, 5.41) is 20.0. The van der Waals surface area contributed by atoms with Crippen LogP contribution in [-0.4, -0.2) is 63.0 Å². The molecule has 1 saturated carbocycles. The third kappa shape index (κ3) is 4.20. The lowest BCUT2D eigenvalue weighted by atomic mass is 9.92. The number of aliphatic carboxylic acids is 1. The van der Waals surface area contributed by atoms with E-state index in [9.17, 15) is 15.0 Å². The number of carbonyl (C=O) groups is 1. The van der Waals surface area contributed by atoms with E-state index in [0.29, 0.717) is 13.0 Å². The van der Waals surface area contributed by atoms with Crippen molar-refractivity contribution in [3.8, 4) is 11.4 Å². The monoisotopic (exact) mass is 439 g/mol. The molecule has 1 aliphatic carbocycles. The number of carboxylic acids is 1. The number of anilines is 2. The molecule has 172 valence electrons. The Balaban J connectivity index is 1.53. The summed E-state index contributed by atoms with van der Waals surface area (Å²) in [5.74, 6) is 0.899. The van der Waals surface area contributed by atoms with Gasteiger partial charge in [0.15, 0.2) is 0 Å². The van der Waals surface area contributed by atoms with E-state index in [1.165, 1.54) is 12.8 Å². The van der Waals surface area contributed by atoms with Crippen LogP contribution in [0.3, 0.4) is 0 Å². The van der Waals surface area contributed by atoms with Crippen molar-refractivity contribution in [2.45, 2.75) is 63.5 Å². The van der Waals surface area contributed by atoms with Gasteiger partial charge in [-0.2, -0.15) is 0 Å². The fraction of sp³-hybridized carbons (Fsp3) is 0.625. The number of aromatic nitrogens is 3. The highest BCUT2D eigenvalue weighted by molar-refractivity contribution is 5.71. The number of hydrogen-bond donors (Lipinski definition) is 2. The number of aliphatic hydroxyl groups excluding tert-OH is 1. The third-order valence-electron chi connectivity index (χ3n) is 7.29. The minimum atomic E-state index is -0.717. The third-order valence-corrected chi connectivity index (χ3v) is 7.29. The lowest BCUT2D eigenvalue weighted by molar-refractivity contribution is -0.141. The van der Waals surface area contributed by atoms with Crippen LogP contribution in [0.15, 0.2) is 24.5 Å². The predicted molar refractivity (Wildman–Crippen MR) is 123 cm³/mol. The molecule has 3 atom stereocenters. The van der Waals surface area contributed by atoms with Crippen molar-refractivity contribution in [3.05, 3.63) is 24.5 Å². The molecule has 2 N–H and O–H groups in total. The minimum absolute atomic E-state index is 0.168. The standard InChI is InChI=1S/C24H33N5O3/c30-19-7-3-6-18(13-19)29-21(20-14-25-15-22(26-20)27-10-1-2-11-27)8-9-23(29)28-12-4-5-17(16-28)24(31)32/h8-9,14-15,17-19,30H,1-7,10-13,16H2,(H,31,32). The Kier molecular flexibility index (Phi) is 6.04. The van der Waals surface area contributed by atoms with E-state index in [4.69, 9.17) is 4.98 Å². The summed E-state index contributed by atoms with van der Waals surface area (Å²) < 4.78 is 2.31. The van der Waals surface area contributed by atoms with E-state index < -0.39 is 5.97 Å².